The van der Waals surface area contributed by atoms with E-state index in [-0.39, 0.29) is 0 Å². The second kappa shape index (κ2) is 5.25. The SMILES string of the molecule is Cc1c(CN)cccc1S(=O)(=O)N1CCn2ccnc2C1. The van der Waals surface area contributed by atoms with Gasteiger partial charge in [-0.25, -0.2) is 13.4 Å². The van der Waals surface area contributed by atoms with Crippen LogP contribution >= 0.6 is 0 Å². The standard InChI is InChI=1S/C14H18N4O2S/c1-11-12(9-15)3-2-4-13(11)21(19,20)18-8-7-17-6-5-16-14(17)10-18/h2-6H,7-10,15H2,1H3. The van der Waals surface area contributed by atoms with Crippen LogP contribution in [0.25, 0.3) is 0 Å². The zero-order chi connectivity index (χ0) is 15.0. The lowest BCUT2D eigenvalue weighted by molar-refractivity contribution is 0.335. The van der Waals surface area contributed by atoms with Gasteiger partial charge in [0.15, 0.2) is 0 Å². The van der Waals surface area contributed by atoms with Gasteiger partial charge in [0.25, 0.3) is 0 Å². The summed E-state index contributed by atoms with van der Waals surface area (Å²) in [4.78, 5) is 4.55. The Kier molecular flexibility index (Phi) is 3.56. The Hall–Kier alpha value is -1.70. The molecule has 7 heteroatoms. The largest absolute Gasteiger partial charge is 0.333 e. The molecule has 3 rings (SSSR count). The maximum Gasteiger partial charge on any atom is 0.243 e. The fourth-order valence-electron chi connectivity index (χ4n) is 2.66. The first kappa shape index (κ1) is 14.2. The highest BCUT2D eigenvalue weighted by atomic mass is 32.2. The summed E-state index contributed by atoms with van der Waals surface area (Å²) in [5.41, 5.74) is 7.26. The molecular formula is C14H18N4O2S. The molecule has 0 saturated heterocycles. The van der Waals surface area contributed by atoms with Crippen molar-refractivity contribution in [3.8, 4) is 0 Å². The fourth-order valence-corrected chi connectivity index (χ4v) is 4.31. The highest BCUT2D eigenvalue weighted by molar-refractivity contribution is 7.89. The first-order valence-corrected chi connectivity index (χ1v) is 8.27. The van der Waals surface area contributed by atoms with Gasteiger partial charge in [0, 0.05) is 32.0 Å². The van der Waals surface area contributed by atoms with Crippen molar-refractivity contribution in [2.45, 2.75) is 31.5 Å². The molecule has 6 nitrogen and oxygen atoms in total. The summed E-state index contributed by atoms with van der Waals surface area (Å²) in [6.07, 6.45) is 3.57. The van der Waals surface area contributed by atoms with Gasteiger partial charge >= 0.3 is 0 Å². The molecule has 1 aromatic carbocycles. The van der Waals surface area contributed by atoms with E-state index in [0.717, 1.165) is 17.0 Å². The molecule has 1 aliphatic heterocycles. The number of imidazole rings is 1. The van der Waals surface area contributed by atoms with E-state index < -0.39 is 10.0 Å². The van der Waals surface area contributed by atoms with E-state index in [4.69, 9.17) is 5.73 Å². The second-order valence-electron chi connectivity index (χ2n) is 5.12. The minimum Gasteiger partial charge on any atom is -0.333 e. The summed E-state index contributed by atoms with van der Waals surface area (Å²) in [7, 11) is -3.52. The predicted molar refractivity (Wildman–Crippen MR) is 78.9 cm³/mol. The van der Waals surface area contributed by atoms with Crippen LogP contribution in [0.2, 0.25) is 0 Å². The number of hydrogen-bond donors (Lipinski definition) is 1. The molecule has 0 aliphatic carbocycles. The van der Waals surface area contributed by atoms with Crippen molar-refractivity contribution < 1.29 is 8.42 Å². The number of rotatable bonds is 3. The van der Waals surface area contributed by atoms with Crippen LogP contribution in [0.15, 0.2) is 35.5 Å². The molecule has 0 spiro atoms. The second-order valence-corrected chi connectivity index (χ2v) is 7.03. The highest BCUT2D eigenvalue weighted by Gasteiger charge is 2.30. The Balaban J connectivity index is 1.99. The lowest BCUT2D eigenvalue weighted by Gasteiger charge is -2.27. The number of nitrogens with two attached hydrogens (primary N) is 1. The Morgan fingerprint density at radius 1 is 1.33 bits per heavy atom. The topological polar surface area (TPSA) is 81.2 Å². The van der Waals surface area contributed by atoms with Gasteiger partial charge in [0.05, 0.1) is 11.4 Å². The van der Waals surface area contributed by atoms with Crippen molar-refractivity contribution in [3.05, 3.63) is 47.5 Å². The van der Waals surface area contributed by atoms with Gasteiger partial charge in [0.1, 0.15) is 5.82 Å². The molecule has 2 aromatic rings. The van der Waals surface area contributed by atoms with Crippen molar-refractivity contribution >= 4 is 10.0 Å². The van der Waals surface area contributed by atoms with E-state index in [1.54, 1.807) is 25.3 Å². The number of fused-ring (bicyclic) bond motifs is 1. The monoisotopic (exact) mass is 306 g/mol. The maximum absolute atomic E-state index is 12.9. The van der Waals surface area contributed by atoms with E-state index in [1.165, 1.54) is 4.31 Å². The average Bonchev–Trinajstić information content (AvgIpc) is 2.94. The van der Waals surface area contributed by atoms with Gasteiger partial charge in [-0.2, -0.15) is 4.31 Å². The van der Waals surface area contributed by atoms with Gasteiger partial charge in [-0.1, -0.05) is 12.1 Å². The van der Waals surface area contributed by atoms with Crippen molar-refractivity contribution in [2.24, 2.45) is 5.73 Å². The molecule has 0 fully saturated rings. The minimum absolute atomic E-state index is 0.307. The Morgan fingerprint density at radius 2 is 2.14 bits per heavy atom. The molecule has 1 aromatic heterocycles. The first-order chi connectivity index (χ1) is 10.0. The van der Waals surface area contributed by atoms with Crippen molar-refractivity contribution in [3.63, 3.8) is 0 Å². The molecule has 21 heavy (non-hydrogen) atoms. The van der Waals surface area contributed by atoms with Crippen LogP contribution < -0.4 is 5.73 Å². The summed E-state index contributed by atoms with van der Waals surface area (Å²) in [5.74, 6) is 0.775. The number of aromatic nitrogens is 2. The average molecular weight is 306 g/mol. The van der Waals surface area contributed by atoms with E-state index in [2.05, 4.69) is 4.98 Å². The molecular weight excluding hydrogens is 288 g/mol. The van der Waals surface area contributed by atoms with Crippen LogP contribution in [0.1, 0.15) is 17.0 Å². The predicted octanol–water partition coefficient (Wildman–Crippen LogP) is 0.855. The number of sulfonamides is 1. The third kappa shape index (κ3) is 2.37. The molecule has 0 amide bonds. The van der Waals surface area contributed by atoms with Gasteiger partial charge in [-0.15, -0.1) is 0 Å². The molecule has 0 atom stereocenters. The molecule has 112 valence electrons. The van der Waals surface area contributed by atoms with Gasteiger partial charge < -0.3 is 10.3 Å². The van der Waals surface area contributed by atoms with Crippen molar-refractivity contribution in [1.82, 2.24) is 13.9 Å². The third-order valence-electron chi connectivity index (χ3n) is 3.94. The van der Waals surface area contributed by atoms with E-state index >= 15 is 0 Å². The number of nitrogens with zero attached hydrogens (tertiary/aromatic N) is 3. The van der Waals surface area contributed by atoms with Crippen LogP contribution in [-0.2, 0) is 29.7 Å². The quantitative estimate of drug-likeness (QED) is 0.911. The van der Waals surface area contributed by atoms with Gasteiger partial charge in [-0.05, 0) is 24.1 Å². The van der Waals surface area contributed by atoms with Crippen molar-refractivity contribution in [1.29, 1.82) is 0 Å². The van der Waals surface area contributed by atoms with E-state index in [0.29, 0.717) is 31.1 Å². The third-order valence-corrected chi connectivity index (χ3v) is 5.93. The highest BCUT2D eigenvalue weighted by Crippen LogP contribution is 2.25. The van der Waals surface area contributed by atoms with Crippen LogP contribution in [0.4, 0.5) is 0 Å². The Morgan fingerprint density at radius 3 is 2.90 bits per heavy atom. The molecule has 0 radical (unpaired) electrons. The maximum atomic E-state index is 12.9. The molecule has 2 heterocycles. The van der Waals surface area contributed by atoms with Crippen molar-refractivity contribution in [2.75, 3.05) is 6.54 Å². The summed E-state index contributed by atoms with van der Waals surface area (Å²) in [6.45, 7) is 3.53. The van der Waals surface area contributed by atoms with Crippen LogP contribution in [-0.4, -0.2) is 28.8 Å². The van der Waals surface area contributed by atoms with Gasteiger partial charge in [-0.3, -0.25) is 0 Å². The summed E-state index contributed by atoms with van der Waals surface area (Å²) >= 11 is 0. The summed E-state index contributed by atoms with van der Waals surface area (Å²) in [5, 5.41) is 0. The lowest BCUT2D eigenvalue weighted by Crippen LogP contribution is -2.38. The molecule has 0 unspecified atom stereocenters. The first-order valence-electron chi connectivity index (χ1n) is 6.83. The molecule has 0 saturated carbocycles. The molecule has 1 aliphatic rings. The number of hydrogen-bond acceptors (Lipinski definition) is 4. The van der Waals surface area contributed by atoms with Crippen LogP contribution in [0.5, 0.6) is 0 Å². The van der Waals surface area contributed by atoms with Crippen LogP contribution in [0, 0.1) is 6.92 Å². The van der Waals surface area contributed by atoms with Crippen LogP contribution in [0.3, 0.4) is 0 Å². The Labute approximate surface area is 124 Å². The minimum atomic E-state index is -3.52. The Bertz CT molecular complexity index is 767. The molecule has 2 N–H and O–H groups in total. The zero-order valence-electron chi connectivity index (χ0n) is 11.9. The fraction of sp³-hybridized carbons (Fsp3) is 0.357. The normalized spacial score (nSPS) is 15.9. The van der Waals surface area contributed by atoms with Gasteiger partial charge in [0.2, 0.25) is 10.0 Å². The number of benzene rings is 1. The summed E-state index contributed by atoms with van der Waals surface area (Å²) in [6, 6.07) is 5.25. The zero-order valence-corrected chi connectivity index (χ0v) is 12.7. The van der Waals surface area contributed by atoms with E-state index in [1.807, 2.05) is 16.8 Å². The lowest BCUT2D eigenvalue weighted by atomic mass is 10.1. The smallest absolute Gasteiger partial charge is 0.243 e. The summed E-state index contributed by atoms with van der Waals surface area (Å²) < 4.78 is 29.2. The van der Waals surface area contributed by atoms with E-state index in [9.17, 15) is 8.42 Å². The molecule has 0 bridgehead atoms.